The van der Waals surface area contributed by atoms with Crippen molar-refractivity contribution in [2.75, 3.05) is 0 Å². The van der Waals surface area contributed by atoms with Crippen molar-refractivity contribution in [1.82, 2.24) is 0 Å². The molecule has 2 nitrogen and oxygen atoms in total. The third-order valence-corrected chi connectivity index (χ3v) is 2.48. The van der Waals surface area contributed by atoms with Gasteiger partial charge < -0.3 is 5.11 Å². The number of halogens is 1. The molecule has 0 aliphatic rings. The van der Waals surface area contributed by atoms with Gasteiger partial charge in [-0.2, -0.15) is 0 Å². The molecule has 0 radical (unpaired) electrons. The molecule has 0 saturated carbocycles. The summed E-state index contributed by atoms with van der Waals surface area (Å²) in [6.45, 7) is 1.81. The first kappa shape index (κ1) is 11.3. The Morgan fingerprint density at radius 3 is 2.53 bits per heavy atom. The van der Waals surface area contributed by atoms with Crippen LogP contribution >= 0.6 is 0 Å². The average molecular weight is 230 g/mol. The Kier molecular flexibility index (Phi) is 2.91. The summed E-state index contributed by atoms with van der Waals surface area (Å²) < 4.78 is 13.1. The van der Waals surface area contributed by atoms with E-state index in [2.05, 4.69) is 0 Å². The summed E-state index contributed by atoms with van der Waals surface area (Å²) >= 11 is 0. The van der Waals surface area contributed by atoms with Gasteiger partial charge in [0, 0.05) is 0 Å². The van der Waals surface area contributed by atoms with Crippen molar-refractivity contribution in [1.29, 1.82) is 0 Å². The van der Waals surface area contributed by atoms with Crippen molar-refractivity contribution in [3.05, 3.63) is 59.4 Å². The maximum absolute atomic E-state index is 13.1. The molecule has 2 aromatic carbocycles. The minimum atomic E-state index is -0.980. The van der Waals surface area contributed by atoms with E-state index in [4.69, 9.17) is 5.11 Å². The summed E-state index contributed by atoms with van der Waals surface area (Å²) in [5.41, 5.74) is 2.44. The number of aromatic carboxylic acids is 1. The number of benzene rings is 2. The molecular weight excluding hydrogens is 219 g/mol. The fraction of sp³-hybridized carbons (Fsp3) is 0.0714. The smallest absolute Gasteiger partial charge is 0.335 e. The summed E-state index contributed by atoms with van der Waals surface area (Å²) in [6, 6.07) is 11.1. The lowest BCUT2D eigenvalue weighted by Gasteiger charge is -2.05. The lowest BCUT2D eigenvalue weighted by atomic mass is 10.0. The van der Waals surface area contributed by atoms with Crippen molar-refractivity contribution in [3.63, 3.8) is 0 Å². The molecule has 0 aromatic heterocycles. The molecule has 0 bridgehead atoms. The van der Waals surface area contributed by atoms with Gasteiger partial charge >= 0.3 is 5.97 Å². The van der Waals surface area contributed by atoms with Crippen LogP contribution in [0.1, 0.15) is 15.9 Å². The van der Waals surface area contributed by atoms with E-state index < -0.39 is 5.97 Å². The van der Waals surface area contributed by atoms with E-state index in [-0.39, 0.29) is 11.4 Å². The second-order valence-electron chi connectivity index (χ2n) is 3.90. The summed E-state index contributed by atoms with van der Waals surface area (Å²) in [6.07, 6.45) is 0. The predicted octanol–water partition coefficient (Wildman–Crippen LogP) is 3.50. The molecule has 0 fully saturated rings. The Hall–Kier alpha value is -2.16. The van der Waals surface area contributed by atoms with Gasteiger partial charge in [0.25, 0.3) is 0 Å². The molecule has 2 aromatic rings. The van der Waals surface area contributed by atoms with Crippen LogP contribution in [-0.4, -0.2) is 11.1 Å². The fourth-order valence-electron chi connectivity index (χ4n) is 1.74. The number of hydrogen-bond acceptors (Lipinski definition) is 1. The van der Waals surface area contributed by atoms with Crippen molar-refractivity contribution >= 4 is 5.97 Å². The highest BCUT2D eigenvalue weighted by molar-refractivity contribution is 5.89. The van der Waals surface area contributed by atoms with Gasteiger partial charge in [-0.1, -0.05) is 18.2 Å². The maximum atomic E-state index is 13.1. The van der Waals surface area contributed by atoms with Crippen LogP contribution in [0.15, 0.2) is 42.5 Å². The quantitative estimate of drug-likeness (QED) is 0.857. The maximum Gasteiger partial charge on any atom is 0.335 e. The highest BCUT2D eigenvalue weighted by Gasteiger charge is 2.07. The normalized spacial score (nSPS) is 10.2. The molecule has 0 aliphatic heterocycles. The first-order valence-electron chi connectivity index (χ1n) is 5.17. The van der Waals surface area contributed by atoms with Gasteiger partial charge in [0.05, 0.1) is 5.56 Å². The third kappa shape index (κ3) is 2.50. The number of carbonyl (C=O) groups is 1. The molecule has 0 spiro atoms. The highest BCUT2D eigenvalue weighted by Crippen LogP contribution is 2.23. The monoisotopic (exact) mass is 230 g/mol. The average Bonchev–Trinajstić information content (AvgIpc) is 2.28. The molecule has 2 rings (SSSR count). The number of aryl methyl sites for hydroxylation is 1. The van der Waals surface area contributed by atoms with E-state index in [0.717, 1.165) is 5.56 Å². The lowest BCUT2D eigenvalue weighted by molar-refractivity contribution is 0.0697. The minimum absolute atomic E-state index is 0.212. The van der Waals surface area contributed by atoms with Gasteiger partial charge in [-0.3, -0.25) is 0 Å². The van der Waals surface area contributed by atoms with Crippen molar-refractivity contribution in [2.45, 2.75) is 6.92 Å². The highest BCUT2D eigenvalue weighted by atomic mass is 19.1. The molecule has 17 heavy (non-hydrogen) atoms. The molecule has 3 heteroatoms. The van der Waals surface area contributed by atoms with Crippen molar-refractivity contribution < 1.29 is 14.3 Å². The SMILES string of the molecule is Cc1cc(C(=O)O)cc(-c2cccc(F)c2)c1. The Morgan fingerprint density at radius 1 is 1.12 bits per heavy atom. The fourth-order valence-corrected chi connectivity index (χ4v) is 1.74. The minimum Gasteiger partial charge on any atom is -0.478 e. The van der Waals surface area contributed by atoms with E-state index in [9.17, 15) is 9.18 Å². The first-order chi connectivity index (χ1) is 8.06. The molecule has 0 atom stereocenters. The predicted molar refractivity (Wildman–Crippen MR) is 63.5 cm³/mol. The van der Waals surface area contributed by atoms with Crippen molar-refractivity contribution in [2.24, 2.45) is 0 Å². The summed E-state index contributed by atoms with van der Waals surface area (Å²) in [7, 11) is 0. The summed E-state index contributed by atoms with van der Waals surface area (Å²) in [5.74, 6) is -1.31. The Balaban J connectivity index is 2.56. The zero-order valence-corrected chi connectivity index (χ0v) is 9.27. The Bertz CT molecular complexity index is 576. The second-order valence-corrected chi connectivity index (χ2v) is 3.90. The Morgan fingerprint density at radius 2 is 1.88 bits per heavy atom. The van der Waals surface area contributed by atoms with Gasteiger partial charge in [0.2, 0.25) is 0 Å². The van der Waals surface area contributed by atoms with Gasteiger partial charge in [-0.05, 0) is 47.9 Å². The second kappa shape index (κ2) is 4.37. The zero-order valence-electron chi connectivity index (χ0n) is 9.27. The van der Waals surface area contributed by atoms with Crippen LogP contribution in [0.3, 0.4) is 0 Å². The van der Waals surface area contributed by atoms with Crippen LogP contribution in [0.5, 0.6) is 0 Å². The van der Waals surface area contributed by atoms with Crippen LogP contribution in [0, 0.1) is 12.7 Å². The number of rotatable bonds is 2. The van der Waals surface area contributed by atoms with Crippen LogP contribution in [-0.2, 0) is 0 Å². The molecular formula is C14H11FO2. The number of hydrogen-bond donors (Lipinski definition) is 1. The molecule has 0 aliphatic carbocycles. The molecule has 0 unspecified atom stereocenters. The van der Waals surface area contributed by atoms with E-state index in [1.54, 1.807) is 24.3 Å². The molecule has 0 heterocycles. The molecule has 0 saturated heterocycles. The molecule has 86 valence electrons. The van der Waals surface area contributed by atoms with Gasteiger partial charge in [0.15, 0.2) is 0 Å². The standard InChI is InChI=1S/C14H11FO2/c1-9-5-11(7-12(6-9)14(16)17)10-3-2-4-13(15)8-10/h2-8H,1H3,(H,16,17). The molecule has 1 N–H and O–H groups in total. The largest absolute Gasteiger partial charge is 0.478 e. The van der Waals surface area contributed by atoms with Crippen molar-refractivity contribution in [3.8, 4) is 11.1 Å². The van der Waals surface area contributed by atoms with Crippen LogP contribution in [0.4, 0.5) is 4.39 Å². The van der Waals surface area contributed by atoms with Gasteiger partial charge in [-0.25, -0.2) is 9.18 Å². The Labute approximate surface area is 98.3 Å². The first-order valence-corrected chi connectivity index (χ1v) is 5.17. The van der Waals surface area contributed by atoms with E-state index in [0.29, 0.717) is 11.1 Å². The van der Waals surface area contributed by atoms with Crippen LogP contribution < -0.4 is 0 Å². The van der Waals surface area contributed by atoms with Gasteiger partial charge in [0.1, 0.15) is 5.82 Å². The summed E-state index contributed by atoms with van der Waals surface area (Å²) in [5, 5.41) is 8.96. The van der Waals surface area contributed by atoms with E-state index in [1.807, 2.05) is 13.0 Å². The lowest BCUT2D eigenvalue weighted by Crippen LogP contribution is -1.97. The number of carboxylic acids is 1. The topological polar surface area (TPSA) is 37.3 Å². The molecule has 0 amide bonds. The van der Waals surface area contributed by atoms with E-state index >= 15 is 0 Å². The van der Waals surface area contributed by atoms with E-state index in [1.165, 1.54) is 12.1 Å². The van der Waals surface area contributed by atoms with Crippen LogP contribution in [0.25, 0.3) is 11.1 Å². The van der Waals surface area contributed by atoms with Crippen LogP contribution in [0.2, 0.25) is 0 Å². The summed E-state index contributed by atoms with van der Waals surface area (Å²) in [4.78, 5) is 10.9. The van der Waals surface area contributed by atoms with Gasteiger partial charge in [-0.15, -0.1) is 0 Å². The third-order valence-electron chi connectivity index (χ3n) is 2.48. The number of carboxylic acid groups (broad SMARTS) is 1. The zero-order chi connectivity index (χ0) is 12.4.